The normalized spacial score (nSPS) is 26.5. The van der Waals surface area contributed by atoms with Gasteiger partial charge in [-0.2, -0.15) is 0 Å². The first-order valence-electron chi connectivity index (χ1n) is 13.4. The Morgan fingerprint density at radius 3 is 2.66 bits per heavy atom. The zero-order chi connectivity index (χ0) is 27.4. The van der Waals surface area contributed by atoms with Crippen LogP contribution in [0.3, 0.4) is 0 Å². The summed E-state index contributed by atoms with van der Waals surface area (Å²) in [7, 11) is 1.57. The van der Waals surface area contributed by atoms with Crippen molar-refractivity contribution in [1.29, 1.82) is 0 Å². The third-order valence-electron chi connectivity index (χ3n) is 8.99. The number of carbonyl (C=O) groups is 5. The quantitative estimate of drug-likeness (QED) is 0.515. The number of Topliss-reactive ketones (excluding diaryl/α,β-unsaturated/α-hetero) is 3. The van der Waals surface area contributed by atoms with Gasteiger partial charge in [0.2, 0.25) is 11.7 Å². The standard InChI is InChI=1S/C29H35N3O6/c1-15(33)26(35)20(12-16-8-5-6-10-22(16)34)31-27(36)25-24-18(29(24,2)3)14-32(25)28(37)21-13-17-19(30-21)9-7-11-23(17)38-4/h7,9,11,13,16,18,20,24-25,30H,5-6,8,10,12,14H2,1-4H3,(H,31,36). The molecule has 1 aromatic heterocycles. The Morgan fingerprint density at radius 2 is 1.97 bits per heavy atom. The van der Waals surface area contributed by atoms with Crippen molar-refractivity contribution < 1.29 is 28.7 Å². The summed E-state index contributed by atoms with van der Waals surface area (Å²) in [6.07, 6.45) is 2.92. The average Bonchev–Trinajstić information content (AvgIpc) is 3.27. The molecule has 3 fully saturated rings. The predicted octanol–water partition coefficient (Wildman–Crippen LogP) is 3.07. The van der Waals surface area contributed by atoms with Crippen LogP contribution in [0.15, 0.2) is 24.3 Å². The molecule has 0 radical (unpaired) electrons. The van der Waals surface area contributed by atoms with E-state index < -0.39 is 29.6 Å². The third-order valence-corrected chi connectivity index (χ3v) is 8.99. The second-order valence-corrected chi connectivity index (χ2v) is 11.6. The third kappa shape index (κ3) is 4.41. The second-order valence-electron chi connectivity index (χ2n) is 11.6. The molecule has 3 aliphatic rings. The number of rotatable bonds is 8. The number of carbonyl (C=O) groups excluding carboxylic acids is 5. The van der Waals surface area contributed by atoms with E-state index in [4.69, 9.17) is 4.74 Å². The largest absolute Gasteiger partial charge is 0.496 e. The predicted molar refractivity (Wildman–Crippen MR) is 140 cm³/mol. The van der Waals surface area contributed by atoms with Crippen molar-refractivity contribution in [3.05, 3.63) is 30.0 Å². The van der Waals surface area contributed by atoms with E-state index in [-0.39, 0.29) is 41.3 Å². The van der Waals surface area contributed by atoms with Crippen molar-refractivity contribution in [3.63, 3.8) is 0 Å². The number of hydrogen-bond acceptors (Lipinski definition) is 6. The second kappa shape index (κ2) is 9.67. The lowest BCUT2D eigenvalue weighted by Gasteiger charge is -2.31. The molecule has 0 bridgehead atoms. The molecular formula is C29H35N3O6. The fourth-order valence-corrected chi connectivity index (χ4v) is 6.69. The van der Waals surface area contributed by atoms with Crippen LogP contribution in [0.2, 0.25) is 0 Å². The van der Waals surface area contributed by atoms with E-state index in [1.165, 1.54) is 6.92 Å². The monoisotopic (exact) mass is 521 g/mol. The van der Waals surface area contributed by atoms with Crippen LogP contribution in [0.5, 0.6) is 5.75 Å². The maximum absolute atomic E-state index is 13.8. The molecule has 2 heterocycles. The summed E-state index contributed by atoms with van der Waals surface area (Å²) in [5.74, 6) is -1.67. The van der Waals surface area contributed by atoms with Gasteiger partial charge >= 0.3 is 0 Å². The summed E-state index contributed by atoms with van der Waals surface area (Å²) in [5.41, 5.74) is 0.982. The van der Waals surface area contributed by atoms with Gasteiger partial charge in [-0.05, 0) is 54.7 Å². The van der Waals surface area contributed by atoms with E-state index in [0.29, 0.717) is 30.8 Å². The van der Waals surface area contributed by atoms with Gasteiger partial charge in [-0.3, -0.25) is 24.0 Å². The number of amides is 2. The number of benzene rings is 1. The number of piperidine rings is 1. The summed E-state index contributed by atoms with van der Waals surface area (Å²) >= 11 is 0. The fraction of sp³-hybridized carbons (Fsp3) is 0.552. The topological polar surface area (TPSA) is 126 Å². The minimum atomic E-state index is -1.08. The molecule has 2 amide bonds. The highest BCUT2D eigenvalue weighted by Gasteiger charge is 2.69. The number of nitrogens with zero attached hydrogens (tertiary/aromatic N) is 1. The Morgan fingerprint density at radius 1 is 1.21 bits per heavy atom. The lowest BCUT2D eigenvalue weighted by atomic mass is 9.82. The highest BCUT2D eigenvalue weighted by Crippen LogP contribution is 2.65. The number of nitrogens with one attached hydrogen (secondary N) is 2. The molecule has 5 unspecified atom stereocenters. The SMILES string of the molecule is COc1cccc2[nH]c(C(=O)N3CC4C(C3C(=O)NC(CC3CCCCC3=O)C(=O)C(C)=O)C4(C)C)cc12. The van der Waals surface area contributed by atoms with Crippen LogP contribution in [-0.2, 0) is 19.2 Å². The van der Waals surface area contributed by atoms with Gasteiger partial charge in [-0.1, -0.05) is 26.3 Å². The van der Waals surface area contributed by atoms with Gasteiger partial charge in [-0.25, -0.2) is 0 Å². The van der Waals surface area contributed by atoms with Crippen LogP contribution >= 0.6 is 0 Å². The first kappa shape index (κ1) is 26.1. The van der Waals surface area contributed by atoms with Gasteiger partial charge < -0.3 is 19.9 Å². The lowest BCUT2D eigenvalue weighted by molar-refractivity contribution is -0.139. The minimum Gasteiger partial charge on any atom is -0.496 e. The molecule has 5 atom stereocenters. The van der Waals surface area contributed by atoms with Gasteiger partial charge in [0, 0.05) is 36.7 Å². The molecule has 202 valence electrons. The van der Waals surface area contributed by atoms with Crippen molar-refractivity contribution in [2.75, 3.05) is 13.7 Å². The summed E-state index contributed by atoms with van der Waals surface area (Å²) in [6, 6.07) is 5.38. The number of fused-ring (bicyclic) bond motifs is 2. The Labute approximate surface area is 221 Å². The summed E-state index contributed by atoms with van der Waals surface area (Å²) < 4.78 is 5.42. The molecule has 1 aliphatic heterocycles. The highest BCUT2D eigenvalue weighted by atomic mass is 16.5. The molecule has 2 saturated carbocycles. The van der Waals surface area contributed by atoms with Gasteiger partial charge in [0.15, 0.2) is 5.78 Å². The van der Waals surface area contributed by atoms with Crippen LogP contribution in [0.1, 0.15) is 63.4 Å². The number of hydrogen-bond donors (Lipinski definition) is 2. The number of methoxy groups -OCH3 is 1. The number of H-pyrrole nitrogens is 1. The van der Waals surface area contributed by atoms with Gasteiger partial charge in [0.05, 0.1) is 13.2 Å². The van der Waals surface area contributed by atoms with E-state index >= 15 is 0 Å². The molecule has 1 saturated heterocycles. The van der Waals surface area contributed by atoms with Crippen molar-refractivity contribution in [1.82, 2.24) is 15.2 Å². The zero-order valence-electron chi connectivity index (χ0n) is 22.3. The van der Waals surface area contributed by atoms with Gasteiger partial charge in [-0.15, -0.1) is 0 Å². The smallest absolute Gasteiger partial charge is 0.271 e. The molecule has 2 N–H and O–H groups in total. The Balaban J connectivity index is 1.40. The van der Waals surface area contributed by atoms with Crippen molar-refractivity contribution in [2.45, 2.75) is 65.0 Å². The molecule has 1 aromatic carbocycles. The van der Waals surface area contributed by atoms with Crippen molar-refractivity contribution in [3.8, 4) is 5.75 Å². The van der Waals surface area contributed by atoms with Gasteiger partial charge in [0.1, 0.15) is 23.3 Å². The van der Waals surface area contributed by atoms with E-state index in [1.807, 2.05) is 18.2 Å². The van der Waals surface area contributed by atoms with E-state index in [2.05, 4.69) is 24.1 Å². The van der Waals surface area contributed by atoms with Crippen LogP contribution in [0.4, 0.5) is 0 Å². The molecule has 9 nitrogen and oxygen atoms in total. The number of ketones is 3. The van der Waals surface area contributed by atoms with Crippen LogP contribution < -0.4 is 10.1 Å². The maximum Gasteiger partial charge on any atom is 0.271 e. The molecule has 38 heavy (non-hydrogen) atoms. The number of ether oxygens (including phenoxy) is 1. The summed E-state index contributed by atoms with van der Waals surface area (Å²) in [5, 5.41) is 3.57. The Bertz CT molecular complexity index is 1330. The summed E-state index contributed by atoms with van der Waals surface area (Å²) in [6.45, 7) is 5.77. The minimum absolute atomic E-state index is 0.0604. The van der Waals surface area contributed by atoms with E-state index in [0.717, 1.165) is 23.7 Å². The molecule has 5 rings (SSSR count). The first-order chi connectivity index (χ1) is 18.0. The maximum atomic E-state index is 13.8. The molecule has 9 heteroatoms. The van der Waals surface area contributed by atoms with Crippen LogP contribution in [-0.4, -0.2) is 64.8 Å². The van der Waals surface area contributed by atoms with E-state index in [9.17, 15) is 24.0 Å². The average molecular weight is 522 g/mol. The summed E-state index contributed by atoms with van der Waals surface area (Å²) in [4.78, 5) is 69.5. The van der Waals surface area contributed by atoms with E-state index in [1.54, 1.807) is 18.1 Å². The first-order valence-corrected chi connectivity index (χ1v) is 13.4. The lowest BCUT2D eigenvalue weighted by Crippen LogP contribution is -2.54. The molecule has 2 aromatic rings. The number of aromatic amines is 1. The van der Waals surface area contributed by atoms with Crippen LogP contribution in [0.25, 0.3) is 10.9 Å². The Kier molecular flexibility index (Phi) is 6.65. The molecular weight excluding hydrogens is 486 g/mol. The van der Waals surface area contributed by atoms with Crippen molar-refractivity contribution in [2.24, 2.45) is 23.2 Å². The Hall–Kier alpha value is -3.49. The molecule has 2 aliphatic carbocycles. The van der Waals surface area contributed by atoms with Gasteiger partial charge in [0.25, 0.3) is 5.91 Å². The van der Waals surface area contributed by atoms with Crippen molar-refractivity contribution >= 4 is 40.1 Å². The number of aromatic nitrogens is 1. The number of likely N-dealkylation sites (tertiary alicyclic amines) is 1. The zero-order valence-corrected chi connectivity index (χ0v) is 22.3. The highest BCUT2D eigenvalue weighted by molar-refractivity contribution is 6.38. The fourth-order valence-electron chi connectivity index (χ4n) is 6.69. The molecule has 0 spiro atoms. The van der Waals surface area contributed by atoms with Crippen LogP contribution in [0, 0.1) is 23.2 Å².